The highest BCUT2D eigenvalue weighted by Gasteiger charge is 2.11. The summed E-state index contributed by atoms with van der Waals surface area (Å²) >= 11 is 1.60. The molecule has 5 nitrogen and oxygen atoms in total. The van der Waals surface area contributed by atoms with Gasteiger partial charge in [0.2, 0.25) is 5.91 Å². The number of amides is 1. The van der Waals surface area contributed by atoms with E-state index in [2.05, 4.69) is 27.5 Å². The molecule has 2 aromatic heterocycles. The molecule has 0 aliphatic rings. The van der Waals surface area contributed by atoms with E-state index in [9.17, 15) is 4.79 Å². The van der Waals surface area contributed by atoms with Crippen molar-refractivity contribution in [2.24, 2.45) is 0 Å². The lowest BCUT2D eigenvalue weighted by Gasteiger charge is -2.11. The van der Waals surface area contributed by atoms with Crippen molar-refractivity contribution in [1.82, 2.24) is 14.8 Å². The van der Waals surface area contributed by atoms with Crippen LogP contribution < -0.4 is 5.32 Å². The number of nitrogens with one attached hydrogen (secondary N) is 1. The fourth-order valence-electron chi connectivity index (χ4n) is 2.99. The van der Waals surface area contributed by atoms with Gasteiger partial charge in [-0.05, 0) is 23.3 Å². The van der Waals surface area contributed by atoms with Crippen molar-refractivity contribution in [2.45, 2.75) is 19.4 Å². The van der Waals surface area contributed by atoms with Crippen LogP contribution >= 0.6 is 11.3 Å². The van der Waals surface area contributed by atoms with Crippen LogP contribution in [0, 0.1) is 0 Å². The van der Waals surface area contributed by atoms with E-state index in [1.165, 1.54) is 5.56 Å². The van der Waals surface area contributed by atoms with Crippen molar-refractivity contribution in [3.8, 4) is 0 Å². The lowest BCUT2D eigenvalue weighted by Crippen LogP contribution is -2.16. The molecule has 0 aliphatic carbocycles. The summed E-state index contributed by atoms with van der Waals surface area (Å²) in [7, 11) is 0. The number of hydrogen-bond donors (Lipinski definition) is 1. The Bertz CT molecular complexity index is 1040. The normalized spacial score (nSPS) is 10.7. The lowest BCUT2D eigenvalue weighted by molar-refractivity contribution is -0.115. The largest absolute Gasteiger partial charge is 0.325 e. The number of nitrogens with zero attached hydrogens (tertiary/aromatic N) is 3. The van der Waals surface area contributed by atoms with Gasteiger partial charge in [-0.25, -0.2) is 4.98 Å². The van der Waals surface area contributed by atoms with Gasteiger partial charge in [-0.1, -0.05) is 48.5 Å². The summed E-state index contributed by atoms with van der Waals surface area (Å²) in [5.74, 6) is -0.0653. The first-order valence-electron chi connectivity index (χ1n) is 9.08. The standard InChI is InChI=1S/C22H20N4OS/c27-21(14-19-16-28-22(24-19)13-17-7-2-1-3-8-17)25-20-10-5-4-9-18(20)15-26-12-6-11-23-26/h1-12,16H,13-15H2,(H,25,27). The molecule has 2 heterocycles. The molecule has 0 aliphatic heterocycles. The Labute approximate surface area is 167 Å². The minimum absolute atomic E-state index is 0.0653. The SMILES string of the molecule is O=C(Cc1csc(Cc2ccccc2)n1)Nc1ccccc1Cn1cccn1. The summed E-state index contributed by atoms with van der Waals surface area (Å²) in [4.78, 5) is 17.1. The van der Waals surface area contributed by atoms with Crippen LogP contribution in [0.15, 0.2) is 78.4 Å². The van der Waals surface area contributed by atoms with Gasteiger partial charge >= 0.3 is 0 Å². The quantitative estimate of drug-likeness (QED) is 0.517. The minimum atomic E-state index is -0.0653. The number of benzene rings is 2. The highest BCUT2D eigenvalue weighted by Crippen LogP contribution is 2.18. The minimum Gasteiger partial charge on any atom is -0.325 e. The van der Waals surface area contributed by atoms with E-state index in [4.69, 9.17) is 0 Å². The van der Waals surface area contributed by atoms with Crippen molar-refractivity contribution >= 4 is 22.9 Å². The number of carbonyl (C=O) groups is 1. The fourth-order valence-corrected chi connectivity index (χ4v) is 3.82. The molecule has 28 heavy (non-hydrogen) atoms. The van der Waals surface area contributed by atoms with E-state index in [1.807, 2.05) is 64.8 Å². The van der Waals surface area contributed by atoms with Crippen molar-refractivity contribution in [1.29, 1.82) is 0 Å². The van der Waals surface area contributed by atoms with E-state index in [-0.39, 0.29) is 12.3 Å². The summed E-state index contributed by atoms with van der Waals surface area (Å²) in [6.45, 7) is 0.612. The summed E-state index contributed by atoms with van der Waals surface area (Å²) in [5.41, 5.74) is 3.85. The van der Waals surface area contributed by atoms with E-state index in [1.54, 1.807) is 17.5 Å². The van der Waals surface area contributed by atoms with Crippen molar-refractivity contribution < 1.29 is 4.79 Å². The van der Waals surface area contributed by atoms with E-state index >= 15 is 0 Å². The summed E-state index contributed by atoms with van der Waals surface area (Å²) in [6, 6.07) is 19.9. The van der Waals surface area contributed by atoms with E-state index in [0.29, 0.717) is 6.54 Å². The van der Waals surface area contributed by atoms with Gasteiger partial charge < -0.3 is 5.32 Å². The zero-order valence-corrected chi connectivity index (χ0v) is 16.1. The molecule has 0 atom stereocenters. The molecule has 6 heteroatoms. The second-order valence-corrected chi connectivity index (χ2v) is 7.42. The molecule has 4 rings (SSSR count). The Hall–Kier alpha value is -3.25. The zero-order chi connectivity index (χ0) is 19.2. The van der Waals surface area contributed by atoms with Gasteiger partial charge in [0, 0.05) is 29.9 Å². The third kappa shape index (κ3) is 4.72. The fraction of sp³-hybridized carbons (Fsp3) is 0.136. The molecule has 2 aromatic carbocycles. The molecule has 1 amide bonds. The maximum absolute atomic E-state index is 12.5. The van der Waals surface area contributed by atoms with Crippen molar-refractivity contribution in [3.63, 3.8) is 0 Å². The molecule has 4 aromatic rings. The number of carbonyl (C=O) groups excluding carboxylic acids is 1. The smallest absolute Gasteiger partial charge is 0.230 e. The zero-order valence-electron chi connectivity index (χ0n) is 15.3. The number of rotatable bonds is 7. The van der Waals surface area contributed by atoms with E-state index in [0.717, 1.165) is 28.4 Å². The Kier molecular flexibility index (Phi) is 5.58. The first kappa shape index (κ1) is 18.1. The van der Waals surface area contributed by atoms with Gasteiger partial charge in [0.05, 0.1) is 23.7 Å². The number of para-hydroxylation sites is 1. The van der Waals surface area contributed by atoms with E-state index < -0.39 is 0 Å². The Morgan fingerprint density at radius 1 is 1.04 bits per heavy atom. The average Bonchev–Trinajstić information content (AvgIpc) is 3.36. The molecule has 0 fully saturated rings. The third-order valence-electron chi connectivity index (χ3n) is 4.32. The predicted molar refractivity (Wildman–Crippen MR) is 111 cm³/mol. The predicted octanol–water partition coefficient (Wildman–Crippen LogP) is 4.16. The number of anilines is 1. The Morgan fingerprint density at radius 3 is 2.68 bits per heavy atom. The maximum Gasteiger partial charge on any atom is 0.230 e. The van der Waals surface area contributed by atoms with Crippen LogP contribution in [0.1, 0.15) is 21.8 Å². The van der Waals surface area contributed by atoms with Gasteiger partial charge in [0.15, 0.2) is 0 Å². The third-order valence-corrected chi connectivity index (χ3v) is 5.22. The second-order valence-electron chi connectivity index (χ2n) is 6.48. The maximum atomic E-state index is 12.5. The Balaban J connectivity index is 1.39. The average molecular weight is 388 g/mol. The number of aromatic nitrogens is 3. The van der Waals surface area contributed by atoms with Crippen LogP contribution in [0.2, 0.25) is 0 Å². The van der Waals surface area contributed by atoms with Gasteiger partial charge in [0.25, 0.3) is 0 Å². The van der Waals surface area contributed by atoms with Crippen LogP contribution in [-0.4, -0.2) is 20.7 Å². The van der Waals surface area contributed by atoms with Gasteiger partial charge in [-0.15, -0.1) is 11.3 Å². The molecule has 0 unspecified atom stereocenters. The molecule has 140 valence electrons. The van der Waals surface area contributed by atoms with Crippen molar-refractivity contribution in [2.75, 3.05) is 5.32 Å². The molecule has 0 spiro atoms. The molecular formula is C22H20N4OS. The second kappa shape index (κ2) is 8.63. The Morgan fingerprint density at radius 2 is 1.86 bits per heavy atom. The summed E-state index contributed by atoms with van der Waals surface area (Å²) in [6.07, 6.45) is 4.71. The summed E-state index contributed by atoms with van der Waals surface area (Å²) < 4.78 is 1.83. The van der Waals surface area contributed by atoms with Crippen LogP contribution in [0.4, 0.5) is 5.69 Å². The molecule has 0 saturated carbocycles. The molecule has 0 saturated heterocycles. The highest BCUT2D eigenvalue weighted by atomic mass is 32.1. The number of thiazole rings is 1. The first-order chi connectivity index (χ1) is 13.8. The van der Waals surface area contributed by atoms with Crippen LogP contribution in [0.3, 0.4) is 0 Å². The molecule has 0 radical (unpaired) electrons. The topological polar surface area (TPSA) is 59.8 Å². The summed E-state index contributed by atoms with van der Waals surface area (Å²) in [5, 5.41) is 10.2. The van der Waals surface area contributed by atoms with Gasteiger partial charge in [0.1, 0.15) is 0 Å². The first-order valence-corrected chi connectivity index (χ1v) is 9.96. The number of hydrogen-bond acceptors (Lipinski definition) is 4. The monoisotopic (exact) mass is 388 g/mol. The van der Waals surface area contributed by atoms with Crippen molar-refractivity contribution in [3.05, 3.63) is 100 Å². The highest BCUT2D eigenvalue weighted by molar-refractivity contribution is 7.09. The van der Waals surface area contributed by atoms with Crippen LogP contribution in [-0.2, 0) is 24.2 Å². The lowest BCUT2D eigenvalue weighted by atomic mass is 10.1. The molecule has 0 bridgehead atoms. The molecular weight excluding hydrogens is 368 g/mol. The van der Waals surface area contributed by atoms with Crippen LogP contribution in [0.5, 0.6) is 0 Å². The van der Waals surface area contributed by atoms with Crippen LogP contribution in [0.25, 0.3) is 0 Å². The molecule has 1 N–H and O–H groups in total. The van der Waals surface area contributed by atoms with Gasteiger partial charge in [-0.3, -0.25) is 9.48 Å². The van der Waals surface area contributed by atoms with Gasteiger partial charge in [-0.2, -0.15) is 5.10 Å².